The van der Waals surface area contributed by atoms with Gasteiger partial charge >= 0.3 is 0 Å². The van der Waals surface area contributed by atoms with E-state index in [1.54, 1.807) is 18.4 Å². The van der Waals surface area contributed by atoms with Crippen LogP contribution in [-0.2, 0) is 5.75 Å². The lowest BCUT2D eigenvalue weighted by atomic mass is 10.2. The smallest absolute Gasteiger partial charge is 0.259 e. The molecule has 33 heavy (non-hydrogen) atoms. The predicted molar refractivity (Wildman–Crippen MR) is 133 cm³/mol. The van der Waals surface area contributed by atoms with E-state index in [9.17, 15) is 4.79 Å². The number of ether oxygens (including phenoxy) is 1. The molecule has 5 aromatic rings. The van der Waals surface area contributed by atoms with E-state index in [1.807, 2.05) is 73.0 Å². The standard InChI is InChI=1S/C24H21N5O2S2/c1-14-15(2)33-23-20(14)22(30)25-19(26-23)13-32-24-28-27-21(16-9-11-18(31-3)12-10-16)29(24)17-7-5-4-6-8-17/h4-12H,13H2,1-3H3,(H,25,26,30). The molecule has 0 unspecified atom stereocenters. The van der Waals surface area contributed by atoms with E-state index < -0.39 is 0 Å². The molecule has 0 aliphatic carbocycles. The summed E-state index contributed by atoms with van der Waals surface area (Å²) in [5.41, 5.74) is 2.78. The number of methoxy groups -OCH3 is 1. The van der Waals surface area contributed by atoms with Gasteiger partial charge in [-0.1, -0.05) is 30.0 Å². The quantitative estimate of drug-likeness (QED) is 0.342. The van der Waals surface area contributed by atoms with E-state index in [0.29, 0.717) is 22.1 Å². The van der Waals surface area contributed by atoms with Crippen molar-refractivity contribution >= 4 is 33.3 Å². The number of thiophene rings is 1. The monoisotopic (exact) mass is 475 g/mol. The Morgan fingerprint density at radius 2 is 1.82 bits per heavy atom. The van der Waals surface area contributed by atoms with Gasteiger partial charge in [0.2, 0.25) is 0 Å². The summed E-state index contributed by atoms with van der Waals surface area (Å²) in [6.07, 6.45) is 0. The van der Waals surface area contributed by atoms with Crippen molar-refractivity contribution in [3.05, 3.63) is 81.2 Å². The number of hydrogen-bond donors (Lipinski definition) is 1. The van der Waals surface area contributed by atoms with Gasteiger partial charge in [0.05, 0.1) is 18.2 Å². The first-order chi connectivity index (χ1) is 16.0. The van der Waals surface area contributed by atoms with Crippen LogP contribution in [0, 0.1) is 13.8 Å². The zero-order valence-corrected chi connectivity index (χ0v) is 20.0. The van der Waals surface area contributed by atoms with E-state index in [-0.39, 0.29) is 5.56 Å². The number of rotatable bonds is 6. The van der Waals surface area contributed by atoms with Crippen LogP contribution in [0.5, 0.6) is 5.75 Å². The van der Waals surface area contributed by atoms with Crippen molar-refractivity contribution in [1.82, 2.24) is 24.7 Å². The summed E-state index contributed by atoms with van der Waals surface area (Å²) in [5.74, 6) is 2.60. The minimum atomic E-state index is -0.0964. The van der Waals surface area contributed by atoms with Crippen LogP contribution < -0.4 is 10.3 Å². The van der Waals surface area contributed by atoms with Gasteiger partial charge in [0.25, 0.3) is 5.56 Å². The number of benzene rings is 2. The molecule has 0 aliphatic heterocycles. The van der Waals surface area contributed by atoms with E-state index in [2.05, 4.69) is 15.2 Å². The fourth-order valence-corrected chi connectivity index (χ4v) is 5.47. The summed E-state index contributed by atoms with van der Waals surface area (Å²) in [7, 11) is 1.64. The van der Waals surface area contributed by atoms with Crippen molar-refractivity contribution < 1.29 is 4.74 Å². The highest BCUT2D eigenvalue weighted by Crippen LogP contribution is 2.31. The Bertz CT molecular complexity index is 1490. The summed E-state index contributed by atoms with van der Waals surface area (Å²) in [4.78, 5) is 22.1. The van der Waals surface area contributed by atoms with E-state index >= 15 is 0 Å². The van der Waals surface area contributed by atoms with Crippen molar-refractivity contribution in [1.29, 1.82) is 0 Å². The SMILES string of the molecule is COc1ccc(-c2nnc(SCc3nc4sc(C)c(C)c4c(=O)[nH]3)n2-c2ccccc2)cc1. The number of nitrogens with zero attached hydrogens (tertiary/aromatic N) is 4. The molecule has 3 heterocycles. The number of H-pyrrole nitrogens is 1. The van der Waals surface area contributed by atoms with Gasteiger partial charge < -0.3 is 9.72 Å². The number of fused-ring (bicyclic) bond motifs is 1. The molecule has 0 saturated heterocycles. The third-order valence-electron chi connectivity index (χ3n) is 5.42. The maximum absolute atomic E-state index is 12.6. The molecule has 0 aliphatic rings. The Morgan fingerprint density at radius 3 is 2.55 bits per heavy atom. The molecule has 0 atom stereocenters. The van der Waals surface area contributed by atoms with Crippen LogP contribution >= 0.6 is 23.1 Å². The second-order valence-corrected chi connectivity index (χ2v) is 9.62. The van der Waals surface area contributed by atoms with E-state index in [4.69, 9.17) is 9.72 Å². The highest BCUT2D eigenvalue weighted by Gasteiger charge is 2.18. The third-order valence-corrected chi connectivity index (χ3v) is 7.46. The first-order valence-electron chi connectivity index (χ1n) is 10.3. The number of para-hydroxylation sites is 1. The van der Waals surface area contributed by atoms with Gasteiger partial charge in [-0.25, -0.2) is 4.98 Å². The third kappa shape index (κ3) is 4.05. The highest BCUT2D eigenvalue weighted by molar-refractivity contribution is 7.98. The minimum Gasteiger partial charge on any atom is -0.497 e. The molecular weight excluding hydrogens is 454 g/mol. The number of thioether (sulfide) groups is 1. The topological polar surface area (TPSA) is 85.7 Å². The molecule has 5 rings (SSSR count). The number of nitrogens with one attached hydrogen (secondary N) is 1. The lowest BCUT2D eigenvalue weighted by Gasteiger charge is -2.10. The second kappa shape index (κ2) is 8.84. The molecule has 0 spiro atoms. The first kappa shape index (κ1) is 21.4. The Morgan fingerprint density at radius 1 is 1.06 bits per heavy atom. The van der Waals surface area contributed by atoms with Crippen molar-refractivity contribution in [2.45, 2.75) is 24.8 Å². The molecule has 0 radical (unpaired) electrons. The van der Waals surface area contributed by atoms with Crippen LogP contribution in [0.15, 0.2) is 64.5 Å². The largest absolute Gasteiger partial charge is 0.497 e. The van der Waals surface area contributed by atoms with Gasteiger partial charge in [-0.15, -0.1) is 21.5 Å². The number of aromatic nitrogens is 5. The number of aromatic amines is 1. The predicted octanol–water partition coefficient (Wildman–Crippen LogP) is 5.15. The second-order valence-electron chi connectivity index (χ2n) is 7.47. The van der Waals surface area contributed by atoms with Gasteiger partial charge in [-0.2, -0.15) is 0 Å². The van der Waals surface area contributed by atoms with Crippen LogP contribution in [0.1, 0.15) is 16.3 Å². The maximum atomic E-state index is 12.6. The lowest BCUT2D eigenvalue weighted by molar-refractivity contribution is 0.415. The van der Waals surface area contributed by atoms with Crippen molar-refractivity contribution in [2.75, 3.05) is 7.11 Å². The lowest BCUT2D eigenvalue weighted by Crippen LogP contribution is -2.11. The molecule has 9 heteroatoms. The summed E-state index contributed by atoms with van der Waals surface area (Å²) in [5, 5.41) is 10.3. The molecular formula is C24H21N5O2S2. The van der Waals surface area contributed by atoms with Gasteiger partial charge in [0.15, 0.2) is 11.0 Å². The zero-order chi connectivity index (χ0) is 22.9. The van der Waals surface area contributed by atoms with Gasteiger partial charge in [0.1, 0.15) is 16.4 Å². The molecule has 0 fully saturated rings. The summed E-state index contributed by atoms with van der Waals surface area (Å²) >= 11 is 3.03. The summed E-state index contributed by atoms with van der Waals surface area (Å²) in [6, 6.07) is 17.7. The Kier molecular flexibility index (Phi) is 5.74. The van der Waals surface area contributed by atoms with Crippen LogP contribution in [0.25, 0.3) is 27.3 Å². The molecule has 0 bridgehead atoms. The zero-order valence-electron chi connectivity index (χ0n) is 18.3. The van der Waals surface area contributed by atoms with E-state index in [0.717, 1.165) is 38.1 Å². The molecule has 3 aromatic heterocycles. The van der Waals surface area contributed by atoms with Gasteiger partial charge in [-0.05, 0) is 55.8 Å². The van der Waals surface area contributed by atoms with Crippen molar-refractivity contribution in [3.8, 4) is 22.8 Å². The molecule has 166 valence electrons. The van der Waals surface area contributed by atoms with E-state index in [1.165, 1.54) is 11.8 Å². The average molecular weight is 476 g/mol. The number of aryl methyl sites for hydroxylation is 2. The minimum absolute atomic E-state index is 0.0964. The maximum Gasteiger partial charge on any atom is 0.259 e. The average Bonchev–Trinajstić information content (AvgIpc) is 3.39. The highest BCUT2D eigenvalue weighted by atomic mass is 32.2. The van der Waals surface area contributed by atoms with Crippen molar-refractivity contribution in [2.24, 2.45) is 0 Å². The normalized spacial score (nSPS) is 11.2. The summed E-state index contributed by atoms with van der Waals surface area (Å²) in [6.45, 7) is 3.97. The van der Waals surface area contributed by atoms with Crippen LogP contribution in [0.2, 0.25) is 0 Å². The molecule has 0 saturated carbocycles. The van der Waals surface area contributed by atoms with Crippen LogP contribution in [0.3, 0.4) is 0 Å². The molecule has 7 nitrogen and oxygen atoms in total. The fourth-order valence-electron chi connectivity index (χ4n) is 3.60. The molecule has 1 N–H and O–H groups in total. The van der Waals surface area contributed by atoms with Crippen molar-refractivity contribution in [3.63, 3.8) is 0 Å². The fraction of sp³-hybridized carbons (Fsp3) is 0.167. The first-order valence-corrected chi connectivity index (χ1v) is 12.1. The Hall–Kier alpha value is -3.43. The van der Waals surface area contributed by atoms with Gasteiger partial charge in [0, 0.05) is 16.1 Å². The van der Waals surface area contributed by atoms with Crippen LogP contribution in [-0.4, -0.2) is 31.8 Å². The summed E-state index contributed by atoms with van der Waals surface area (Å²) < 4.78 is 7.30. The van der Waals surface area contributed by atoms with Gasteiger partial charge in [-0.3, -0.25) is 9.36 Å². The molecule has 0 amide bonds. The number of hydrogen-bond acceptors (Lipinski definition) is 7. The molecule has 2 aromatic carbocycles. The Balaban J connectivity index is 1.51. The van der Waals surface area contributed by atoms with Crippen LogP contribution in [0.4, 0.5) is 0 Å². The Labute approximate surface area is 198 Å².